The number of nitrogens with zero attached hydrogens (tertiary/aromatic N) is 2. The van der Waals surface area contributed by atoms with Gasteiger partial charge < -0.3 is 16.2 Å². The van der Waals surface area contributed by atoms with Crippen LogP contribution in [0.4, 0.5) is 11.4 Å². The molecule has 0 aliphatic carbocycles. The second-order valence-corrected chi connectivity index (χ2v) is 9.18. The Bertz CT molecular complexity index is 1290. The van der Waals surface area contributed by atoms with E-state index in [4.69, 9.17) is 16.2 Å². The summed E-state index contributed by atoms with van der Waals surface area (Å²) in [6.07, 6.45) is 6.17. The van der Waals surface area contributed by atoms with Gasteiger partial charge >= 0.3 is 0 Å². The zero-order valence-corrected chi connectivity index (χ0v) is 19.5. The Morgan fingerprint density at radius 3 is 2.18 bits per heavy atom. The number of rotatable bonds is 8. The predicted octanol–water partition coefficient (Wildman–Crippen LogP) is 5.46. The standard InChI is InChI=1S/C28H27N4OS/c29-23-13-14-25(24(30)18-23)33-26(27-12-7-17-34-27)19-31-15-16-32(20-31)28(21-8-3-1-4-9-21)22-10-5-2-6-11-22/h1-18,20,26,28H,19,29-30H2/q+1. The highest BCUT2D eigenvalue weighted by Gasteiger charge is 2.24. The highest BCUT2D eigenvalue weighted by atomic mass is 32.1. The molecule has 1 unspecified atom stereocenters. The third kappa shape index (κ3) is 4.82. The van der Waals surface area contributed by atoms with Crippen molar-refractivity contribution in [2.45, 2.75) is 18.7 Å². The Balaban J connectivity index is 1.45. The number of hydrogen-bond acceptors (Lipinski definition) is 4. The van der Waals surface area contributed by atoms with Gasteiger partial charge in [0.1, 0.15) is 24.7 Å². The molecular weight excluding hydrogens is 440 g/mol. The Morgan fingerprint density at radius 1 is 0.853 bits per heavy atom. The van der Waals surface area contributed by atoms with Gasteiger partial charge in [-0.05, 0) is 29.6 Å². The molecule has 34 heavy (non-hydrogen) atoms. The van der Waals surface area contributed by atoms with E-state index < -0.39 is 0 Å². The summed E-state index contributed by atoms with van der Waals surface area (Å²) < 4.78 is 10.8. The molecule has 5 nitrogen and oxygen atoms in total. The lowest BCUT2D eigenvalue weighted by Crippen LogP contribution is -2.36. The molecule has 0 saturated carbocycles. The number of thiophene rings is 1. The van der Waals surface area contributed by atoms with Crippen molar-refractivity contribution in [3.05, 3.63) is 131 Å². The highest BCUT2D eigenvalue weighted by Crippen LogP contribution is 2.31. The molecule has 4 N–H and O–H groups in total. The maximum atomic E-state index is 6.39. The summed E-state index contributed by atoms with van der Waals surface area (Å²) >= 11 is 1.67. The van der Waals surface area contributed by atoms with Gasteiger partial charge in [-0.15, -0.1) is 11.3 Å². The number of hydrogen-bond donors (Lipinski definition) is 2. The molecular formula is C28H27N4OS+. The molecule has 0 spiro atoms. The van der Waals surface area contributed by atoms with Gasteiger partial charge in [0.25, 0.3) is 0 Å². The van der Waals surface area contributed by atoms with Crippen LogP contribution < -0.4 is 20.8 Å². The van der Waals surface area contributed by atoms with Crippen molar-refractivity contribution in [2.24, 2.45) is 0 Å². The Kier molecular flexibility index (Phi) is 6.31. The average Bonchev–Trinajstić information content (AvgIpc) is 3.55. The molecule has 1 atom stereocenters. The normalized spacial score (nSPS) is 12.0. The van der Waals surface area contributed by atoms with Crippen molar-refractivity contribution in [3.63, 3.8) is 0 Å². The number of benzene rings is 3. The third-order valence-electron chi connectivity index (χ3n) is 5.78. The van der Waals surface area contributed by atoms with Crippen molar-refractivity contribution in [3.8, 4) is 5.75 Å². The SMILES string of the molecule is Nc1ccc(OC(C[n+]2ccn(C(c3ccccc3)c3ccccc3)c2)c2cccs2)c(N)c1. The highest BCUT2D eigenvalue weighted by molar-refractivity contribution is 7.10. The van der Waals surface area contributed by atoms with E-state index >= 15 is 0 Å². The van der Waals surface area contributed by atoms with E-state index in [9.17, 15) is 0 Å². The van der Waals surface area contributed by atoms with Crippen LogP contribution in [-0.2, 0) is 6.54 Å². The summed E-state index contributed by atoms with van der Waals surface area (Å²) in [7, 11) is 0. The first kappa shape index (κ1) is 21.8. The lowest BCUT2D eigenvalue weighted by molar-refractivity contribution is -0.703. The number of ether oxygens (including phenoxy) is 1. The lowest BCUT2D eigenvalue weighted by atomic mass is 9.99. The van der Waals surface area contributed by atoms with E-state index in [-0.39, 0.29) is 12.1 Å². The summed E-state index contributed by atoms with van der Waals surface area (Å²) in [6.45, 7) is 0.646. The smallest absolute Gasteiger partial charge is 0.244 e. The first-order chi connectivity index (χ1) is 16.7. The number of nitrogens with two attached hydrogens (primary N) is 2. The topological polar surface area (TPSA) is 70.1 Å². The van der Waals surface area contributed by atoms with Crippen molar-refractivity contribution in [1.29, 1.82) is 0 Å². The van der Waals surface area contributed by atoms with Gasteiger partial charge in [0.05, 0.1) is 5.69 Å². The fraction of sp³-hybridized carbons (Fsp3) is 0.107. The Hall–Kier alpha value is -4.03. The van der Waals surface area contributed by atoms with Crippen LogP contribution in [0, 0.1) is 0 Å². The van der Waals surface area contributed by atoms with Gasteiger partial charge in [-0.2, -0.15) is 0 Å². The van der Waals surface area contributed by atoms with Gasteiger partial charge in [0.15, 0.2) is 12.1 Å². The third-order valence-corrected chi connectivity index (χ3v) is 6.75. The van der Waals surface area contributed by atoms with Crippen molar-refractivity contribution >= 4 is 22.7 Å². The van der Waals surface area contributed by atoms with Crippen molar-refractivity contribution in [1.82, 2.24) is 4.57 Å². The zero-order valence-electron chi connectivity index (χ0n) is 18.7. The number of imidazole rings is 1. The number of aromatic nitrogens is 2. The Morgan fingerprint density at radius 2 is 1.56 bits per heavy atom. The molecule has 6 heteroatoms. The van der Waals surface area contributed by atoms with E-state index in [1.54, 1.807) is 17.4 Å². The average molecular weight is 468 g/mol. The molecule has 0 fully saturated rings. The zero-order chi connectivity index (χ0) is 23.3. The second kappa shape index (κ2) is 9.85. The van der Waals surface area contributed by atoms with Crippen LogP contribution in [0.15, 0.2) is 115 Å². The molecule has 0 saturated heterocycles. The maximum absolute atomic E-state index is 6.39. The molecule has 5 rings (SSSR count). The molecule has 2 heterocycles. The summed E-state index contributed by atoms with van der Waals surface area (Å²) in [5.41, 5.74) is 15.7. The van der Waals surface area contributed by atoms with Crippen LogP contribution in [0.25, 0.3) is 0 Å². The summed E-state index contributed by atoms with van der Waals surface area (Å²) in [4.78, 5) is 1.14. The lowest BCUT2D eigenvalue weighted by Gasteiger charge is -2.18. The fourth-order valence-corrected chi connectivity index (χ4v) is 4.90. The molecule has 0 aliphatic rings. The molecule has 0 aliphatic heterocycles. The van der Waals surface area contributed by atoms with E-state index in [1.807, 2.05) is 30.3 Å². The summed E-state index contributed by atoms with van der Waals surface area (Å²) in [5.74, 6) is 0.638. The van der Waals surface area contributed by atoms with Crippen LogP contribution in [0.5, 0.6) is 5.75 Å². The van der Waals surface area contributed by atoms with Crippen LogP contribution >= 0.6 is 11.3 Å². The van der Waals surface area contributed by atoms with Crippen LogP contribution in [0.2, 0.25) is 0 Å². The molecule has 3 aromatic carbocycles. The van der Waals surface area contributed by atoms with Gasteiger partial charge in [-0.25, -0.2) is 9.13 Å². The van der Waals surface area contributed by atoms with Gasteiger partial charge in [-0.3, -0.25) is 0 Å². The molecule has 0 bridgehead atoms. The molecule has 0 radical (unpaired) electrons. The first-order valence-corrected chi connectivity index (χ1v) is 12.1. The van der Waals surface area contributed by atoms with Crippen molar-refractivity contribution in [2.75, 3.05) is 11.5 Å². The maximum Gasteiger partial charge on any atom is 0.244 e. The van der Waals surface area contributed by atoms with Crippen LogP contribution in [0.3, 0.4) is 0 Å². The van der Waals surface area contributed by atoms with Crippen LogP contribution in [0.1, 0.15) is 28.1 Å². The molecule has 5 aromatic rings. The summed E-state index contributed by atoms with van der Waals surface area (Å²) in [6, 6.07) is 30.7. The van der Waals surface area contributed by atoms with E-state index in [1.165, 1.54) is 11.1 Å². The predicted molar refractivity (Wildman–Crippen MR) is 138 cm³/mol. The van der Waals surface area contributed by atoms with E-state index in [2.05, 4.69) is 87.8 Å². The van der Waals surface area contributed by atoms with Crippen LogP contribution in [-0.4, -0.2) is 4.57 Å². The van der Waals surface area contributed by atoms with E-state index in [0.29, 0.717) is 23.7 Å². The van der Waals surface area contributed by atoms with Crippen molar-refractivity contribution < 1.29 is 9.30 Å². The molecule has 0 amide bonds. The largest absolute Gasteiger partial charge is 0.479 e. The van der Waals surface area contributed by atoms with Gasteiger partial charge in [0.2, 0.25) is 6.33 Å². The monoisotopic (exact) mass is 467 g/mol. The minimum Gasteiger partial charge on any atom is -0.479 e. The first-order valence-electron chi connectivity index (χ1n) is 11.2. The number of anilines is 2. The molecule has 2 aromatic heterocycles. The number of nitrogen functional groups attached to an aromatic ring is 2. The minimum absolute atomic E-state index is 0.0810. The van der Waals surface area contributed by atoms with Gasteiger partial charge in [-0.1, -0.05) is 66.7 Å². The van der Waals surface area contributed by atoms with Gasteiger partial charge in [0, 0.05) is 21.7 Å². The molecule has 170 valence electrons. The van der Waals surface area contributed by atoms with E-state index in [0.717, 1.165) is 4.88 Å². The quantitative estimate of drug-likeness (QED) is 0.235. The fourth-order valence-electron chi connectivity index (χ4n) is 4.16. The second-order valence-electron chi connectivity index (χ2n) is 8.20. The Labute approximate surface area is 203 Å². The minimum atomic E-state index is -0.182. The summed E-state index contributed by atoms with van der Waals surface area (Å²) in [5, 5.41) is 2.06.